The van der Waals surface area contributed by atoms with Crippen molar-refractivity contribution in [2.24, 2.45) is 0 Å². The SMILES string of the molecule is COc1ccc(Cn2cc(C(C)=O)c3c(Br)cccc32)cc1. The summed E-state index contributed by atoms with van der Waals surface area (Å²) in [5.41, 5.74) is 2.96. The fourth-order valence-corrected chi connectivity index (χ4v) is 3.20. The zero-order chi connectivity index (χ0) is 15.7. The predicted molar refractivity (Wildman–Crippen MR) is 91.7 cm³/mol. The van der Waals surface area contributed by atoms with Gasteiger partial charge in [0.2, 0.25) is 0 Å². The van der Waals surface area contributed by atoms with E-state index in [0.717, 1.165) is 32.3 Å². The lowest BCUT2D eigenvalue weighted by atomic mass is 10.1. The van der Waals surface area contributed by atoms with Gasteiger partial charge in [0.15, 0.2) is 5.78 Å². The first kappa shape index (κ1) is 14.9. The number of halogens is 1. The molecule has 3 nitrogen and oxygen atoms in total. The smallest absolute Gasteiger partial charge is 0.161 e. The summed E-state index contributed by atoms with van der Waals surface area (Å²) >= 11 is 3.55. The van der Waals surface area contributed by atoms with Crippen molar-refractivity contribution in [3.05, 3.63) is 64.3 Å². The molecule has 0 saturated heterocycles. The molecule has 3 rings (SSSR count). The number of fused-ring (bicyclic) bond motifs is 1. The topological polar surface area (TPSA) is 31.2 Å². The van der Waals surface area contributed by atoms with Crippen molar-refractivity contribution in [1.29, 1.82) is 0 Å². The van der Waals surface area contributed by atoms with Gasteiger partial charge in [0, 0.05) is 28.2 Å². The molecule has 0 spiro atoms. The van der Waals surface area contributed by atoms with E-state index in [0.29, 0.717) is 6.54 Å². The van der Waals surface area contributed by atoms with Gasteiger partial charge in [-0.2, -0.15) is 0 Å². The van der Waals surface area contributed by atoms with Crippen LogP contribution in [0, 0.1) is 0 Å². The van der Waals surface area contributed by atoms with Gasteiger partial charge in [-0.05, 0) is 36.8 Å². The van der Waals surface area contributed by atoms with Crippen molar-refractivity contribution in [2.75, 3.05) is 7.11 Å². The number of ketones is 1. The van der Waals surface area contributed by atoms with E-state index in [2.05, 4.69) is 20.5 Å². The summed E-state index contributed by atoms with van der Waals surface area (Å²) in [7, 11) is 1.66. The second-order valence-electron chi connectivity index (χ2n) is 5.21. The van der Waals surface area contributed by atoms with Crippen LogP contribution in [-0.2, 0) is 6.54 Å². The monoisotopic (exact) mass is 357 g/mol. The van der Waals surface area contributed by atoms with E-state index in [9.17, 15) is 4.79 Å². The quantitative estimate of drug-likeness (QED) is 0.635. The van der Waals surface area contributed by atoms with Gasteiger partial charge in [0.05, 0.1) is 12.6 Å². The number of Topliss-reactive ketones (excluding diaryl/α,β-unsaturated/α-hetero) is 1. The maximum Gasteiger partial charge on any atom is 0.161 e. The molecule has 22 heavy (non-hydrogen) atoms. The number of carbonyl (C=O) groups is 1. The maximum atomic E-state index is 11.9. The van der Waals surface area contributed by atoms with E-state index in [1.54, 1.807) is 14.0 Å². The minimum atomic E-state index is 0.0744. The highest BCUT2D eigenvalue weighted by atomic mass is 79.9. The Morgan fingerprint density at radius 2 is 1.91 bits per heavy atom. The van der Waals surface area contributed by atoms with Crippen LogP contribution in [-0.4, -0.2) is 17.5 Å². The number of methoxy groups -OCH3 is 1. The average Bonchev–Trinajstić information content (AvgIpc) is 2.89. The third kappa shape index (κ3) is 2.66. The van der Waals surface area contributed by atoms with Crippen molar-refractivity contribution < 1.29 is 9.53 Å². The number of aromatic nitrogens is 1. The first-order valence-corrected chi connectivity index (χ1v) is 7.80. The molecule has 1 aromatic heterocycles. The third-order valence-electron chi connectivity index (χ3n) is 3.75. The van der Waals surface area contributed by atoms with Crippen LogP contribution in [0.2, 0.25) is 0 Å². The number of hydrogen-bond donors (Lipinski definition) is 0. The normalized spacial score (nSPS) is 10.9. The molecule has 0 radical (unpaired) electrons. The fraction of sp³-hybridized carbons (Fsp3) is 0.167. The van der Waals surface area contributed by atoms with Crippen LogP contribution in [0.3, 0.4) is 0 Å². The average molecular weight is 358 g/mol. The van der Waals surface area contributed by atoms with E-state index in [-0.39, 0.29) is 5.78 Å². The van der Waals surface area contributed by atoms with Crippen LogP contribution in [0.4, 0.5) is 0 Å². The van der Waals surface area contributed by atoms with Gasteiger partial charge in [0.25, 0.3) is 0 Å². The molecule has 0 aliphatic carbocycles. The van der Waals surface area contributed by atoms with Crippen molar-refractivity contribution in [2.45, 2.75) is 13.5 Å². The molecule has 4 heteroatoms. The fourth-order valence-electron chi connectivity index (χ4n) is 2.63. The molecule has 0 amide bonds. The lowest BCUT2D eigenvalue weighted by Gasteiger charge is -2.07. The molecule has 0 aliphatic heterocycles. The lowest BCUT2D eigenvalue weighted by Crippen LogP contribution is -1.98. The summed E-state index contributed by atoms with van der Waals surface area (Å²) in [4.78, 5) is 11.9. The number of rotatable bonds is 4. The minimum absolute atomic E-state index is 0.0744. The Hall–Kier alpha value is -2.07. The standard InChI is InChI=1S/C18H16BrNO2/c1-12(21)15-11-20(17-5-3-4-16(19)18(15)17)10-13-6-8-14(22-2)9-7-13/h3-9,11H,10H2,1-2H3. The second kappa shape index (κ2) is 5.97. The summed E-state index contributed by atoms with van der Waals surface area (Å²) in [6, 6.07) is 14.0. The van der Waals surface area contributed by atoms with Crippen molar-refractivity contribution in [1.82, 2.24) is 4.57 Å². The Morgan fingerprint density at radius 3 is 2.55 bits per heavy atom. The lowest BCUT2D eigenvalue weighted by molar-refractivity contribution is 0.101. The van der Waals surface area contributed by atoms with Crippen molar-refractivity contribution in [3.63, 3.8) is 0 Å². The zero-order valence-electron chi connectivity index (χ0n) is 12.5. The molecule has 0 fully saturated rings. The molecular weight excluding hydrogens is 342 g/mol. The molecule has 1 heterocycles. The molecule has 0 unspecified atom stereocenters. The molecule has 0 atom stereocenters. The molecule has 3 aromatic rings. The van der Waals surface area contributed by atoms with Crippen molar-refractivity contribution in [3.8, 4) is 5.75 Å². The summed E-state index contributed by atoms with van der Waals surface area (Å²) < 4.78 is 8.24. The Kier molecular flexibility index (Phi) is 4.03. The highest BCUT2D eigenvalue weighted by Crippen LogP contribution is 2.30. The predicted octanol–water partition coefficient (Wildman–Crippen LogP) is 4.66. The van der Waals surface area contributed by atoms with Gasteiger partial charge < -0.3 is 9.30 Å². The summed E-state index contributed by atoms with van der Waals surface area (Å²) in [6.07, 6.45) is 1.93. The molecule has 2 aromatic carbocycles. The van der Waals surface area contributed by atoms with Gasteiger partial charge in [-0.25, -0.2) is 0 Å². The second-order valence-corrected chi connectivity index (χ2v) is 6.06. The Morgan fingerprint density at radius 1 is 1.18 bits per heavy atom. The van der Waals surface area contributed by atoms with Crippen LogP contribution in [0.25, 0.3) is 10.9 Å². The number of hydrogen-bond acceptors (Lipinski definition) is 2. The number of benzene rings is 2. The summed E-state index contributed by atoms with van der Waals surface area (Å²) in [6.45, 7) is 2.32. The summed E-state index contributed by atoms with van der Waals surface area (Å²) in [5.74, 6) is 0.915. The van der Waals surface area contributed by atoms with Gasteiger partial charge in [-0.1, -0.05) is 34.1 Å². The molecule has 0 aliphatic rings. The first-order valence-electron chi connectivity index (χ1n) is 7.01. The van der Waals surface area contributed by atoms with E-state index in [1.807, 2.05) is 48.7 Å². The van der Waals surface area contributed by atoms with Crippen LogP contribution in [0.15, 0.2) is 53.1 Å². The minimum Gasteiger partial charge on any atom is -0.497 e. The number of carbonyl (C=O) groups excluding carboxylic acids is 1. The van der Waals surface area contributed by atoms with Gasteiger partial charge >= 0.3 is 0 Å². The van der Waals surface area contributed by atoms with Crippen LogP contribution in [0.1, 0.15) is 22.8 Å². The number of ether oxygens (including phenoxy) is 1. The highest BCUT2D eigenvalue weighted by Gasteiger charge is 2.14. The molecule has 0 saturated carbocycles. The van der Waals surface area contributed by atoms with E-state index in [1.165, 1.54) is 0 Å². The van der Waals surface area contributed by atoms with Crippen LogP contribution >= 0.6 is 15.9 Å². The Balaban J connectivity index is 2.06. The Labute approximate surface area is 137 Å². The van der Waals surface area contributed by atoms with Gasteiger partial charge in [0.1, 0.15) is 5.75 Å². The van der Waals surface area contributed by atoms with Crippen LogP contribution in [0.5, 0.6) is 5.75 Å². The van der Waals surface area contributed by atoms with E-state index >= 15 is 0 Å². The highest BCUT2D eigenvalue weighted by molar-refractivity contribution is 9.10. The summed E-state index contributed by atoms with van der Waals surface area (Å²) in [5, 5.41) is 0.975. The van der Waals surface area contributed by atoms with E-state index < -0.39 is 0 Å². The maximum absolute atomic E-state index is 11.9. The molecule has 0 bridgehead atoms. The zero-order valence-corrected chi connectivity index (χ0v) is 14.1. The molecular formula is C18H16BrNO2. The van der Waals surface area contributed by atoms with Crippen LogP contribution < -0.4 is 4.74 Å². The first-order chi connectivity index (χ1) is 10.6. The third-order valence-corrected chi connectivity index (χ3v) is 4.41. The van der Waals surface area contributed by atoms with Gasteiger partial charge in [-0.3, -0.25) is 4.79 Å². The molecule has 0 N–H and O–H groups in total. The number of nitrogens with zero attached hydrogens (tertiary/aromatic N) is 1. The van der Waals surface area contributed by atoms with Crippen molar-refractivity contribution >= 4 is 32.6 Å². The van der Waals surface area contributed by atoms with E-state index in [4.69, 9.17) is 4.74 Å². The van der Waals surface area contributed by atoms with Gasteiger partial charge in [-0.15, -0.1) is 0 Å². The molecule has 112 valence electrons. The Bertz CT molecular complexity index is 834. The largest absolute Gasteiger partial charge is 0.497 e.